The lowest BCUT2D eigenvalue weighted by atomic mass is 9.93. The Morgan fingerprint density at radius 3 is 2.29 bits per heavy atom. The van der Waals surface area contributed by atoms with Gasteiger partial charge in [0.25, 0.3) is 0 Å². The molecule has 0 aliphatic rings. The smallest absolute Gasteiger partial charge is 0.407 e. The molecule has 0 unspecified atom stereocenters. The number of amides is 1. The zero-order valence-electron chi connectivity index (χ0n) is 14.4. The molecule has 1 aromatic carbocycles. The summed E-state index contributed by atoms with van der Waals surface area (Å²) in [7, 11) is 0. The second-order valence-corrected chi connectivity index (χ2v) is 6.55. The third-order valence-corrected chi connectivity index (χ3v) is 3.26. The number of alkyl carbamates (subject to hydrolysis) is 1. The van der Waals surface area contributed by atoms with Crippen molar-refractivity contribution < 1.29 is 24.2 Å². The third kappa shape index (κ3) is 7.26. The van der Waals surface area contributed by atoms with Crippen molar-refractivity contribution >= 4 is 17.8 Å². The van der Waals surface area contributed by atoms with E-state index in [2.05, 4.69) is 5.32 Å². The number of ether oxygens (including phenoxy) is 1. The molecular weight excluding hydrogens is 310 g/mol. The van der Waals surface area contributed by atoms with Gasteiger partial charge in [0.15, 0.2) is 5.78 Å². The van der Waals surface area contributed by atoms with E-state index in [0.717, 1.165) is 0 Å². The number of carbonyl (C=O) groups excluding carboxylic acids is 2. The fourth-order valence-corrected chi connectivity index (χ4v) is 2.15. The first-order chi connectivity index (χ1) is 11.2. The van der Waals surface area contributed by atoms with Crippen LogP contribution in [0.2, 0.25) is 0 Å². The zero-order valence-corrected chi connectivity index (χ0v) is 14.4. The van der Waals surface area contributed by atoms with Crippen LogP contribution in [0.25, 0.3) is 0 Å². The average Bonchev–Trinajstić information content (AvgIpc) is 2.49. The van der Waals surface area contributed by atoms with Gasteiger partial charge < -0.3 is 15.2 Å². The highest BCUT2D eigenvalue weighted by atomic mass is 16.6. The Morgan fingerprint density at radius 2 is 1.75 bits per heavy atom. The number of carbonyl (C=O) groups is 3. The number of rotatable bonds is 8. The minimum absolute atomic E-state index is 0.235. The second kappa shape index (κ2) is 9.05. The van der Waals surface area contributed by atoms with E-state index in [1.54, 1.807) is 51.1 Å². The van der Waals surface area contributed by atoms with E-state index in [9.17, 15) is 19.5 Å². The summed E-state index contributed by atoms with van der Waals surface area (Å²) < 4.78 is 5.10. The Kier molecular flexibility index (Phi) is 7.42. The van der Waals surface area contributed by atoms with E-state index in [-0.39, 0.29) is 12.2 Å². The van der Waals surface area contributed by atoms with Gasteiger partial charge in [0.1, 0.15) is 11.5 Å². The van der Waals surface area contributed by atoms with Gasteiger partial charge in [0.05, 0.1) is 0 Å². The molecule has 6 nitrogen and oxygen atoms in total. The first-order valence-electron chi connectivity index (χ1n) is 7.99. The maximum Gasteiger partial charge on any atom is 0.407 e. The molecule has 1 amide bonds. The Morgan fingerprint density at radius 1 is 1.12 bits per heavy atom. The van der Waals surface area contributed by atoms with Crippen molar-refractivity contribution in [3.05, 3.63) is 35.9 Å². The summed E-state index contributed by atoms with van der Waals surface area (Å²) in [4.78, 5) is 35.1. The van der Waals surface area contributed by atoms with E-state index >= 15 is 0 Å². The Hall–Kier alpha value is -2.37. The first-order valence-corrected chi connectivity index (χ1v) is 7.99. The summed E-state index contributed by atoms with van der Waals surface area (Å²) in [5, 5.41) is 11.9. The van der Waals surface area contributed by atoms with Gasteiger partial charge in [-0.3, -0.25) is 9.59 Å². The highest BCUT2D eigenvalue weighted by molar-refractivity contribution is 6.08. The Bertz CT molecular complexity index is 563. The van der Waals surface area contributed by atoms with Crippen LogP contribution in [0.15, 0.2) is 30.3 Å². The minimum atomic E-state index is -1.12. The highest BCUT2D eigenvalue weighted by Crippen LogP contribution is 2.16. The number of unbranched alkanes of at least 4 members (excludes halogenated alkanes) is 1. The fraction of sp³-hybridized carbons (Fsp3) is 0.500. The minimum Gasteiger partial charge on any atom is -0.481 e. The van der Waals surface area contributed by atoms with E-state index in [0.29, 0.717) is 24.9 Å². The number of hydrogen-bond donors (Lipinski definition) is 2. The molecule has 0 saturated heterocycles. The van der Waals surface area contributed by atoms with Crippen LogP contribution in [0.4, 0.5) is 4.79 Å². The van der Waals surface area contributed by atoms with Crippen molar-refractivity contribution in [3.8, 4) is 0 Å². The molecule has 1 aromatic rings. The maximum absolute atomic E-state index is 12.2. The molecule has 0 heterocycles. The predicted molar refractivity (Wildman–Crippen MR) is 90.0 cm³/mol. The number of carboxylic acids is 1. The van der Waals surface area contributed by atoms with Crippen LogP contribution in [0.5, 0.6) is 0 Å². The molecule has 0 fully saturated rings. The summed E-state index contributed by atoms with van der Waals surface area (Å²) in [6.07, 6.45) is 0.827. The van der Waals surface area contributed by atoms with Gasteiger partial charge in [-0.15, -0.1) is 0 Å². The number of ketones is 1. The quantitative estimate of drug-likeness (QED) is 0.432. The molecule has 1 rings (SSSR count). The summed E-state index contributed by atoms with van der Waals surface area (Å²) in [6, 6.07) is 8.41. The van der Waals surface area contributed by atoms with Crippen LogP contribution >= 0.6 is 0 Å². The lowest BCUT2D eigenvalue weighted by Gasteiger charge is -2.19. The van der Waals surface area contributed by atoms with Gasteiger partial charge in [0, 0.05) is 12.1 Å². The van der Waals surface area contributed by atoms with Crippen molar-refractivity contribution in [2.24, 2.45) is 5.92 Å². The molecule has 1 atom stereocenters. The van der Waals surface area contributed by atoms with E-state index < -0.39 is 23.6 Å². The molecule has 2 N–H and O–H groups in total. The normalized spacial score (nSPS) is 12.3. The van der Waals surface area contributed by atoms with Crippen molar-refractivity contribution in [3.63, 3.8) is 0 Å². The number of carboxylic acid groups (broad SMARTS) is 1. The molecule has 0 aliphatic heterocycles. The van der Waals surface area contributed by atoms with Crippen molar-refractivity contribution in [1.29, 1.82) is 0 Å². The van der Waals surface area contributed by atoms with E-state index in [4.69, 9.17) is 4.74 Å². The topological polar surface area (TPSA) is 92.7 Å². The van der Waals surface area contributed by atoms with Crippen LogP contribution in [0.3, 0.4) is 0 Å². The number of benzene rings is 1. The summed E-state index contributed by atoms with van der Waals surface area (Å²) in [5.41, 5.74) is -0.155. The van der Waals surface area contributed by atoms with Gasteiger partial charge >= 0.3 is 12.1 Å². The second-order valence-electron chi connectivity index (χ2n) is 6.55. The van der Waals surface area contributed by atoms with Crippen LogP contribution in [0, 0.1) is 5.92 Å². The molecule has 0 saturated carbocycles. The molecule has 6 heteroatoms. The Labute approximate surface area is 142 Å². The molecular formula is C18H25NO5. The van der Waals surface area contributed by atoms with Crippen LogP contribution in [0.1, 0.15) is 50.4 Å². The zero-order chi connectivity index (χ0) is 18.2. The molecule has 0 aromatic heterocycles. The van der Waals surface area contributed by atoms with Gasteiger partial charge in [-0.2, -0.15) is 0 Å². The monoisotopic (exact) mass is 335 g/mol. The van der Waals surface area contributed by atoms with Crippen LogP contribution in [-0.4, -0.2) is 35.1 Å². The highest BCUT2D eigenvalue weighted by Gasteiger charge is 2.26. The summed E-state index contributed by atoms with van der Waals surface area (Å²) in [5.74, 6) is -2.57. The van der Waals surface area contributed by atoms with Crippen LogP contribution in [-0.2, 0) is 9.53 Å². The third-order valence-electron chi connectivity index (χ3n) is 3.26. The number of nitrogens with one attached hydrogen (secondary N) is 1. The number of aliphatic carboxylic acids is 1. The molecule has 0 bridgehead atoms. The van der Waals surface area contributed by atoms with Gasteiger partial charge in [0.2, 0.25) is 0 Å². The van der Waals surface area contributed by atoms with Crippen molar-refractivity contribution in [2.45, 2.75) is 45.6 Å². The molecule has 0 radical (unpaired) electrons. The fourth-order valence-electron chi connectivity index (χ4n) is 2.15. The summed E-state index contributed by atoms with van der Waals surface area (Å²) in [6.45, 7) is 5.71. The lowest BCUT2D eigenvalue weighted by molar-refractivity contribution is -0.140. The average molecular weight is 335 g/mol. The van der Waals surface area contributed by atoms with Crippen LogP contribution < -0.4 is 5.32 Å². The number of hydrogen-bond acceptors (Lipinski definition) is 4. The summed E-state index contributed by atoms with van der Waals surface area (Å²) >= 11 is 0. The maximum atomic E-state index is 12.2. The van der Waals surface area contributed by atoms with E-state index in [1.807, 2.05) is 0 Å². The molecule has 24 heavy (non-hydrogen) atoms. The SMILES string of the molecule is CC(C)(C)OC(=O)NCCCC[C@@H](C(=O)O)C(=O)c1ccccc1. The largest absolute Gasteiger partial charge is 0.481 e. The lowest BCUT2D eigenvalue weighted by Crippen LogP contribution is -2.33. The van der Waals surface area contributed by atoms with E-state index in [1.165, 1.54) is 0 Å². The first kappa shape index (κ1) is 19.7. The Balaban J connectivity index is 2.39. The number of Topliss-reactive ketones (excluding diaryl/α,β-unsaturated/α-hetero) is 1. The standard InChI is InChI=1S/C18H25NO5/c1-18(2,3)24-17(23)19-12-8-7-11-14(16(21)22)15(20)13-9-5-4-6-10-13/h4-6,9-10,14H,7-8,11-12H2,1-3H3,(H,19,23)(H,21,22)/t14-/m1/s1. The molecule has 132 valence electrons. The predicted octanol–water partition coefficient (Wildman–Crippen LogP) is 3.27. The van der Waals surface area contributed by atoms with Crippen molar-refractivity contribution in [2.75, 3.05) is 6.54 Å². The molecule has 0 aliphatic carbocycles. The van der Waals surface area contributed by atoms with Crippen molar-refractivity contribution in [1.82, 2.24) is 5.32 Å². The van der Waals surface area contributed by atoms with Gasteiger partial charge in [-0.25, -0.2) is 4.79 Å². The van der Waals surface area contributed by atoms with Gasteiger partial charge in [-0.05, 0) is 33.6 Å². The molecule has 0 spiro atoms. The van der Waals surface area contributed by atoms with Gasteiger partial charge in [-0.1, -0.05) is 36.8 Å².